The first-order chi connectivity index (χ1) is 15.3. The van der Waals surface area contributed by atoms with Crippen LogP contribution in [-0.2, 0) is 6.54 Å². The summed E-state index contributed by atoms with van der Waals surface area (Å²) < 4.78 is 9.04. The summed E-state index contributed by atoms with van der Waals surface area (Å²) in [6, 6.07) is 6.50. The van der Waals surface area contributed by atoms with E-state index in [1.54, 1.807) is 23.7 Å². The van der Waals surface area contributed by atoms with Crippen LogP contribution in [0.3, 0.4) is 0 Å². The molecule has 0 spiro atoms. The van der Waals surface area contributed by atoms with Gasteiger partial charge in [-0.3, -0.25) is 9.67 Å². The number of hydrogen-bond donors (Lipinski definition) is 1. The maximum Gasteiger partial charge on any atom is 0.238 e. The first-order valence-electron chi connectivity index (χ1n) is 11.0. The smallest absolute Gasteiger partial charge is 0.238 e. The molecule has 1 saturated carbocycles. The summed E-state index contributed by atoms with van der Waals surface area (Å²) in [7, 11) is 0. The van der Waals surface area contributed by atoms with Crippen molar-refractivity contribution < 1.29 is 4.74 Å². The lowest BCUT2D eigenvalue weighted by atomic mass is 9.96. The maximum absolute atomic E-state index is 6.02. The van der Waals surface area contributed by atoms with Crippen LogP contribution in [0.25, 0.3) is 21.5 Å². The summed E-state index contributed by atoms with van der Waals surface area (Å²) in [6.07, 6.45) is 14.6. The molecule has 0 unspecified atom stereocenters. The Labute approximate surface area is 185 Å². The normalized spacial score (nSPS) is 14.7. The molecule has 7 nitrogen and oxygen atoms in total. The van der Waals surface area contributed by atoms with E-state index in [4.69, 9.17) is 9.72 Å². The highest BCUT2D eigenvalue weighted by molar-refractivity contribution is 7.22. The summed E-state index contributed by atoms with van der Waals surface area (Å²) in [5.41, 5.74) is 2.67. The molecule has 1 aliphatic rings. The molecule has 4 aromatic rings. The molecule has 1 aliphatic carbocycles. The summed E-state index contributed by atoms with van der Waals surface area (Å²) in [5.74, 6) is 1.19. The number of hydrogen-bond acceptors (Lipinski definition) is 7. The number of thiazole rings is 1. The Balaban J connectivity index is 1.31. The maximum atomic E-state index is 6.02. The number of ether oxygens (including phenoxy) is 1. The largest absolute Gasteiger partial charge is 0.437 e. The Kier molecular flexibility index (Phi) is 5.80. The standard InChI is InChI=1S/C23H26N6OS/c1-2-10-29-15-16(12-25-29)20-13-24-14-22(27-20)30-18-8-9-19-21(11-18)31-23(28-19)26-17-6-4-3-5-7-17/h8-9,11-15,17H,2-7,10H2,1H3,(H,26,28). The van der Waals surface area contributed by atoms with E-state index in [2.05, 4.69) is 27.3 Å². The van der Waals surface area contributed by atoms with Crippen molar-refractivity contribution in [3.63, 3.8) is 0 Å². The van der Waals surface area contributed by atoms with E-state index >= 15 is 0 Å². The van der Waals surface area contributed by atoms with E-state index in [1.165, 1.54) is 32.1 Å². The molecule has 0 saturated heterocycles. The van der Waals surface area contributed by atoms with Crippen molar-refractivity contribution in [1.29, 1.82) is 0 Å². The van der Waals surface area contributed by atoms with Crippen LogP contribution in [0.1, 0.15) is 45.4 Å². The number of benzene rings is 1. The molecule has 5 rings (SSSR count). The number of aromatic nitrogens is 5. The van der Waals surface area contributed by atoms with E-state index in [1.807, 2.05) is 35.3 Å². The Morgan fingerprint density at radius 1 is 1.13 bits per heavy atom. The second kappa shape index (κ2) is 9.01. The van der Waals surface area contributed by atoms with Gasteiger partial charge in [-0.25, -0.2) is 9.97 Å². The molecule has 0 atom stereocenters. The topological polar surface area (TPSA) is 77.8 Å². The molecule has 31 heavy (non-hydrogen) atoms. The van der Waals surface area contributed by atoms with Gasteiger partial charge in [0.25, 0.3) is 0 Å². The number of nitrogens with one attached hydrogen (secondary N) is 1. The highest BCUT2D eigenvalue weighted by Crippen LogP contribution is 2.32. The first-order valence-corrected chi connectivity index (χ1v) is 11.8. The lowest BCUT2D eigenvalue weighted by Gasteiger charge is -2.22. The van der Waals surface area contributed by atoms with Crippen molar-refractivity contribution in [2.45, 2.75) is 58.0 Å². The van der Waals surface area contributed by atoms with Gasteiger partial charge in [0.15, 0.2) is 5.13 Å². The Hall–Kier alpha value is -3.00. The second-order valence-electron chi connectivity index (χ2n) is 7.96. The zero-order valence-electron chi connectivity index (χ0n) is 17.6. The minimum Gasteiger partial charge on any atom is -0.437 e. The number of fused-ring (bicyclic) bond motifs is 1. The number of rotatable bonds is 7. The number of nitrogens with zero attached hydrogens (tertiary/aromatic N) is 5. The highest BCUT2D eigenvalue weighted by Gasteiger charge is 2.15. The van der Waals surface area contributed by atoms with Crippen molar-refractivity contribution in [2.75, 3.05) is 5.32 Å². The van der Waals surface area contributed by atoms with Crippen molar-refractivity contribution >= 4 is 26.7 Å². The van der Waals surface area contributed by atoms with Crippen LogP contribution < -0.4 is 10.1 Å². The molecular weight excluding hydrogens is 408 g/mol. The fourth-order valence-electron chi connectivity index (χ4n) is 3.96. The lowest BCUT2D eigenvalue weighted by Crippen LogP contribution is -2.21. The molecular formula is C23H26N6OS. The van der Waals surface area contributed by atoms with Gasteiger partial charge < -0.3 is 10.1 Å². The van der Waals surface area contributed by atoms with E-state index in [9.17, 15) is 0 Å². The monoisotopic (exact) mass is 434 g/mol. The highest BCUT2D eigenvalue weighted by atomic mass is 32.1. The fraction of sp³-hybridized carbons (Fsp3) is 0.391. The van der Waals surface area contributed by atoms with Gasteiger partial charge in [-0.15, -0.1) is 0 Å². The van der Waals surface area contributed by atoms with Crippen molar-refractivity contribution in [3.8, 4) is 22.9 Å². The third kappa shape index (κ3) is 4.69. The molecule has 0 bridgehead atoms. The minimum atomic E-state index is 0.463. The molecule has 1 fully saturated rings. The van der Waals surface area contributed by atoms with E-state index < -0.39 is 0 Å². The van der Waals surface area contributed by atoms with Crippen molar-refractivity contribution in [2.24, 2.45) is 0 Å². The number of anilines is 1. The Bertz CT molecular complexity index is 1160. The third-order valence-corrected chi connectivity index (χ3v) is 6.46. The summed E-state index contributed by atoms with van der Waals surface area (Å²) in [6.45, 7) is 3.01. The predicted octanol–water partition coefficient (Wildman–Crippen LogP) is 5.90. The van der Waals surface area contributed by atoms with Gasteiger partial charge in [-0.05, 0) is 31.4 Å². The van der Waals surface area contributed by atoms with Crippen LogP contribution in [0.2, 0.25) is 0 Å². The van der Waals surface area contributed by atoms with Crippen LogP contribution in [-0.4, -0.2) is 30.8 Å². The van der Waals surface area contributed by atoms with Crippen molar-refractivity contribution in [3.05, 3.63) is 43.0 Å². The molecule has 8 heteroatoms. The first kappa shape index (κ1) is 19.9. The van der Waals surface area contributed by atoms with E-state index in [0.717, 1.165) is 45.3 Å². The SMILES string of the molecule is CCCn1cc(-c2cncc(Oc3ccc4nc(NC5CCCCC5)sc4c3)n2)cn1. The van der Waals surface area contributed by atoms with Gasteiger partial charge in [-0.2, -0.15) is 5.10 Å². The van der Waals surface area contributed by atoms with Gasteiger partial charge in [-0.1, -0.05) is 37.5 Å². The molecule has 1 aromatic carbocycles. The molecule has 0 amide bonds. The molecule has 1 N–H and O–H groups in total. The van der Waals surface area contributed by atoms with E-state index in [0.29, 0.717) is 11.9 Å². The summed E-state index contributed by atoms with van der Waals surface area (Å²) in [4.78, 5) is 13.7. The molecule has 0 radical (unpaired) electrons. The van der Waals surface area contributed by atoms with Crippen LogP contribution in [0.5, 0.6) is 11.6 Å². The van der Waals surface area contributed by atoms with E-state index in [-0.39, 0.29) is 0 Å². The summed E-state index contributed by atoms with van der Waals surface area (Å²) in [5, 5.41) is 8.97. The van der Waals surface area contributed by atoms with Crippen LogP contribution >= 0.6 is 11.3 Å². The average molecular weight is 435 g/mol. The zero-order chi connectivity index (χ0) is 21.0. The molecule has 3 heterocycles. The second-order valence-corrected chi connectivity index (χ2v) is 9.00. The lowest BCUT2D eigenvalue weighted by molar-refractivity contribution is 0.461. The van der Waals surface area contributed by atoms with Gasteiger partial charge in [0.1, 0.15) is 5.75 Å². The zero-order valence-corrected chi connectivity index (χ0v) is 18.4. The van der Waals surface area contributed by atoms with Crippen LogP contribution in [0.4, 0.5) is 5.13 Å². The average Bonchev–Trinajstić information content (AvgIpc) is 3.41. The predicted molar refractivity (Wildman–Crippen MR) is 124 cm³/mol. The van der Waals surface area contributed by atoms with Gasteiger partial charge in [0.05, 0.1) is 34.5 Å². The Morgan fingerprint density at radius 3 is 2.90 bits per heavy atom. The summed E-state index contributed by atoms with van der Waals surface area (Å²) >= 11 is 1.67. The third-order valence-electron chi connectivity index (χ3n) is 5.51. The van der Waals surface area contributed by atoms with Gasteiger partial charge in [0.2, 0.25) is 5.88 Å². The van der Waals surface area contributed by atoms with Crippen LogP contribution in [0, 0.1) is 0 Å². The van der Waals surface area contributed by atoms with Crippen LogP contribution in [0.15, 0.2) is 43.0 Å². The Morgan fingerprint density at radius 2 is 2.03 bits per heavy atom. The molecule has 160 valence electrons. The van der Waals surface area contributed by atoms with Gasteiger partial charge in [0, 0.05) is 30.4 Å². The quantitative estimate of drug-likeness (QED) is 0.390. The fourth-order valence-corrected chi connectivity index (χ4v) is 4.93. The number of aryl methyl sites for hydroxylation is 1. The molecule has 3 aromatic heterocycles. The van der Waals surface area contributed by atoms with Crippen molar-refractivity contribution in [1.82, 2.24) is 24.7 Å². The van der Waals surface area contributed by atoms with Gasteiger partial charge >= 0.3 is 0 Å². The molecule has 0 aliphatic heterocycles. The minimum absolute atomic E-state index is 0.463.